The van der Waals surface area contributed by atoms with Gasteiger partial charge in [0.05, 0.1) is 0 Å². The Bertz CT molecular complexity index is 346. The van der Waals surface area contributed by atoms with E-state index >= 15 is 0 Å². The van der Waals surface area contributed by atoms with Crippen LogP contribution in [0, 0.1) is 0 Å². The molecule has 1 aromatic rings. The molecule has 2 nitrogen and oxygen atoms in total. The fourth-order valence-electron chi connectivity index (χ4n) is 2.17. The van der Waals surface area contributed by atoms with Crippen molar-refractivity contribution in [3.05, 3.63) is 22.8 Å². The van der Waals surface area contributed by atoms with Gasteiger partial charge in [0, 0.05) is 22.0 Å². The zero-order chi connectivity index (χ0) is 11.4. The Kier molecular flexibility index (Phi) is 4.67. The standard InChI is InChI=1S/C12H17BrN2S/c1-14-10-6-2-3-7-11(10)16-12-9(13)5-4-8-15-12/h4-5,8,10-11,14H,2-3,6-7H2,1H3. The first kappa shape index (κ1) is 12.4. The van der Waals surface area contributed by atoms with Gasteiger partial charge >= 0.3 is 0 Å². The summed E-state index contributed by atoms with van der Waals surface area (Å²) in [6.45, 7) is 0. The molecule has 4 heteroatoms. The first-order valence-corrected chi connectivity index (χ1v) is 7.43. The van der Waals surface area contributed by atoms with Gasteiger partial charge in [-0.1, -0.05) is 12.8 Å². The summed E-state index contributed by atoms with van der Waals surface area (Å²) >= 11 is 5.46. The molecule has 2 unspecified atom stereocenters. The second-order valence-electron chi connectivity index (χ2n) is 4.13. The Hall–Kier alpha value is -0.0600. The molecule has 1 aliphatic carbocycles. The summed E-state index contributed by atoms with van der Waals surface area (Å²) in [5, 5.41) is 5.21. The van der Waals surface area contributed by atoms with E-state index in [4.69, 9.17) is 0 Å². The van der Waals surface area contributed by atoms with Crippen molar-refractivity contribution < 1.29 is 0 Å². The third kappa shape index (κ3) is 2.99. The van der Waals surface area contributed by atoms with Crippen LogP contribution in [0.5, 0.6) is 0 Å². The van der Waals surface area contributed by atoms with Gasteiger partial charge in [0.25, 0.3) is 0 Å². The van der Waals surface area contributed by atoms with E-state index < -0.39 is 0 Å². The van der Waals surface area contributed by atoms with Gasteiger partial charge in [-0.05, 0) is 48.0 Å². The van der Waals surface area contributed by atoms with E-state index in [1.807, 2.05) is 24.0 Å². The molecule has 88 valence electrons. The molecule has 1 fully saturated rings. The highest BCUT2D eigenvalue weighted by Crippen LogP contribution is 2.35. The van der Waals surface area contributed by atoms with Crippen LogP contribution >= 0.6 is 27.7 Å². The van der Waals surface area contributed by atoms with Gasteiger partial charge in [-0.3, -0.25) is 0 Å². The number of thioether (sulfide) groups is 1. The number of pyridine rings is 1. The van der Waals surface area contributed by atoms with Gasteiger partial charge < -0.3 is 5.32 Å². The lowest BCUT2D eigenvalue weighted by molar-refractivity contribution is 0.405. The van der Waals surface area contributed by atoms with E-state index in [0.29, 0.717) is 11.3 Å². The van der Waals surface area contributed by atoms with Crippen molar-refractivity contribution in [3.63, 3.8) is 0 Å². The lowest BCUT2D eigenvalue weighted by Gasteiger charge is -2.30. The van der Waals surface area contributed by atoms with Gasteiger partial charge in [-0.2, -0.15) is 0 Å². The minimum Gasteiger partial charge on any atom is -0.316 e. The fourth-order valence-corrected chi connectivity index (χ4v) is 4.01. The number of rotatable bonds is 3. The van der Waals surface area contributed by atoms with Crippen LogP contribution < -0.4 is 5.32 Å². The molecule has 1 N–H and O–H groups in total. The summed E-state index contributed by atoms with van der Waals surface area (Å²) in [4.78, 5) is 4.43. The Labute approximate surface area is 110 Å². The van der Waals surface area contributed by atoms with Crippen LogP contribution in [-0.2, 0) is 0 Å². The topological polar surface area (TPSA) is 24.9 Å². The van der Waals surface area contributed by atoms with E-state index in [1.54, 1.807) is 0 Å². The van der Waals surface area contributed by atoms with E-state index in [1.165, 1.54) is 25.7 Å². The van der Waals surface area contributed by atoms with E-state index in [0.717, 1.165) is 9.50 Å². The Balaban J connectivity index is 2.05. The highest BCUT2D eigenvalue weighted by atomic mass is 79.9. The molecule has 1 saturated carbocycles. The number of hydrogen-bond acceptors (Lipinski definition) is 3. The summed E-state index contributed by atoms with van der Waals surface area (Å²) in [6, 6.07) is 4.66. The molecule has 0 bridgehead atoms. The van der Waals surface area contributed by atoms with Gasteiger partial charge in [0.2, 0.25) is 0 Å². The van der Waals surface area contributed by atoms with Crippen molar-refractivity contribution in [2.75, 3.05) is 7.05 Å². The van der Waals surface area contributed by atoms with Gasteiger partial charge in [-0.25, -0.2) is 4.98 Å². The van der Waals surface area contributed by atoms with Gasteiger partial charge in [0.15, 0.2) is 0 Å². The van der Waals surface area contributed by atoms with Crippen molar-refractivity contribution in [2.24, 2.45) is 0 Å². The first-order chi connectivity index (χ1) is 7.81. The highest BCUT2D eigenvalue weighted by Gasteiger charge is 2.25. The molecule has 2 atom stereocenters. The summed E-state index contributed by atoms with van der Waals surface area (Å²) in [5.41, 5.74) is 0. The third-order valence-corrected chi connectivity index (χ3v) is 5.38. The SMILES string of the molecule is CNC1CCCCC1Sc1ncccc1Br. The molecule has 0 saturated heterocycles. The van der Waals surface area contributed by atoms with Crippen LogP contribution in [0.1, 0.15) is 25.7 Å². The Morgan fingerprint density at radius 1 is 1.44 bits per heavy atom. The maximum absolute atomic E-state index is 4.43. The van der Waals surface area contributed by atoms with Crippen molar-refractivity contribution in [1.29, 1.82) is 0 Å². The molecule has 0 aliphatic heterocycles. The lowest BCUT2D eigenvalue weighted by atomic mass is 9.95. The van der Waals surface area contributed by atoms with Crippen LogP contribution in [0.4, 0.5) is 0 Å². The Morgan fingerprint density at radius 2 is 2.25 bits per heavy atom. The van der Waals surface area contributed by atoms with Crippen molar-refractivity contribution in [2.45, 2.75) is 42.0 Å². The van der Waals surface area contributed by atoms with Crippen LogP contribution in [0.2, 0.25) is 0 Å². The smallest absolute Gasteiger partial charge is 0.110 e. The number of nitrogens with zero attached hydrogens (tertiary/aromatic N) is 1. The van der Waals surface area contributed by atoms with Crippen molar-refractivity contribution in [1.82, 2.24) is 10.3 Å². The minimum absolute atomic E-state index is 0.632. The third-order valence-electron chi connectivity index (χ3n) is 3.06. The molecule has 1 aliphatic rings. The Morgan fingerprint density at radius 3 is 3.00 bits per heavy atom. The number of aromatic nitrogens is 1. The zero-order valence-corrected chi connectivity index (χ0v) is 11.9. The monoisotopic (exact) mass is 300 g/mol. The second kappa shape index (κ2) is 6.03. The molecule has 1 heterocycles. The second-order valence-corrected chi connectivity index (χ2v) is 6.21. The van der Waals surface area contributed by atoms with Gasteiger partial charge in [-0.15, -0.1) is 11.8 Å². The van der Waals surface area contributed by atoms with E-state index in [-0.39, 0.29) is 0 Å². The number of hydrogen-bond donors (Lipinski definition) is 1. The lowest BCUT2D eigenvalue weighted by Crippen LogP contribution is -2.38. The van der Waals surface area contributed by atoms with Crippen LogP contribution in [0.15, 0.2) is 27.8 Å². The molecule has 0 spiro atoms. The van der Waals surface area contributed by atoms with Crippen LogP contribution in [0.3, 0.4) is 0 Å². The molecule has 16 heavy (non-hydrogen) atoms. The van der Waals surface area contributed by atoms with Crippen molar-refractivity contribution >= 4 is 27.7 Å². The van der Waals surface area contributed by atoms with Crippen molar-refractivity contribution in [3.8, 4) is 0 Å². The molecule has 0 radical (unpaired) electrons. The normalized spacial score (nSPS) is 25.6. The average Bonchev–Trinajstić information content (AvgIpc) is 2.33. The summed E-state index contributed by atoms with van der Waals surface area (Å²) in [7, 11) is 2.07. The molecular weight excluding hydrogens is 284 g/mol. The molecule has 2 rings (SSSR count). The summed E-state index contributed by atoms with van der Waals surface area (Å²) in [5.74, 6) is 0. The predicted octanol–water partition coefficient (Wildman–Crippen LogP) is 3.47. The first-order valence-electron chi connectivity index (χ1n) is 5.75. The summed E-state index contributed by atoms with van der Waals surface area (Å²) < 4.78 is 1.11. The molecule has 0 aromatic carbocycles. The van der Waals surface area contributed by atoms with E-state index in [2.05, 4.69) is 39.3 Å². The minimum atomic E-state index is 0.632. The average molecular weight is 301 g/mol. The number of halogens is 1. The maximum Gasteiger partial charge on any atom is 0.110 e. The fraction of sp³-hybridized carbons (Fsp3) is 0.583. The van der Waals surface area contributed by atoms with Crippen LogP contribution in [-0.4, -0.2) is 23.3 Å². The molecular formula is C12H17BrN2S. The molecule has 0 amide bonds. The van der Waals surface area contributed by atoms with Gasteiger partial charge in [0.1, 0.15) is 5.03 Å². The highest BCUT2D eigenvalue weighted by molar-refractivity contribution is 9.10. The van der Waals surface area contributed by atoms with Crippen LogP contribution in [0.25, 0.3) is 0 Å². The van der Waals surface area contributed by atoms with E-state index in [9.17, 15) is 0 Å². The maximum atomic E-state index is 4.43. The quantitative estimate of drug-likeness (QED) is 0.925. The summed E-state index contributed by atoms with van der Waals surface area (Å²) in [6.07, 6.45) is 7.15. The number of nitrogens with one attached hydrogen (secondary N) is 1. The largest absolute Gasteiger partial charge is 0.316 e. The zero-order valence-electron chi connectivity index (χ0n) is 9.45. The predicted molar refractivity (Wildman–Crippen MR) is 72.9 cm³/mol. The molecule has 1 aromatic heterocycles.